The number of carbonyl (C=O) groups is 1. The van der Waals surface area contributed by atoms with E-state index in [2.05, 4.69) is 20.8 Å². The van der Waals surface area contributed by atoms with Crippen molar-refractivity contribution in [3.05, 3.63) is 70.6 Å². The zero-order valence-corrected chi connectivity index (χ0v) is 13.7. The number of nitrogens with one attached hydrogen (secondary N) is 3. The van der Waals surface area contributed by atoms with Crippen molar-refractivity contribution >= 4 is 22.5 Å². The Hall–Kier alpha value is -3.07. The van der Waals surface area contributed by atoms with Crippen LogP contribution in [-0.4, -0.2) is 38.7 Å². The van der Waals surface area contributed by atoms with Gasteiger partial charge in [0.15, 0.2) is 5.78 Å². The third-order valence-corrected chi connectivity index (χ3v) is 3.82. The highest BCUT2D eigenvalue weighted by atomic mass is 16.3. The van der Waals surface area contributed by atoms with Crippen LogP contribution < -0.4 is 16.4 Å². The number of ketones is 1. The molecule has 0 fully saturated rings. The summed E-state index contributed by atoms with van der Waals surface area (Å²) in [5, 5.41) is 18.9. The van der Waals surface area contributed by atoms with Gasteiger partial charge in [-0.05, 0) is 24.3 Å². The van der Waals surface area contributed by atoms with Gasteiger partial charge in [-0.3, -0.25) is 9.59 Å². The summed E-state index contributed by atoms with van der Waals surface area (Å²) in [5.41, 5.74) is 6.56. The minimum Gasteiger partial charge on any atom is -0.393 e. The molecule has 0 saturated heterocycles. The van der Waals surface area contributed by atoms with Crippen LogP contribution in [0.4, 0.5) is 5.69 Å². The fraction of sp³-hybridized carbons (Fsp3) is 0.167. The van der Waals surface area contributed by atoms with Crippen LogP contribution >= 0.6 is 0 Å². The van der Waals surface area contributed by atoms with E-state index < -0.39 is 30.1 Å². The van der Waals surface area contributed by atoms with Crippen molar-refractivity contribution in [1.29, 1.82) is 0 Å². The lowest BCUT2D eigenvalue weighted by Gasteiger charge is -2.20. The Bertz CT molecular complexity index is 958. The van der Waals surface area contributed by atoms with Crippen molar-refractivity contribution < 1.29 is 15.0 Å². The van der Waals surface area contributed by atoms with Crippen LogP contribution in [0.25, 0.3) is 11.0 Å². The molecule has 3 rings (SSSR count). The normalized spacial score (nSPS) is 13.3. The molecule has 1 heterocycles. The Kier molecular flexibility index (Phi) is 5.37. The van der Waals surface area contributed by atoms with Crippen LogP contribution in [0.1, 0.15) is 11.7 Å². The van der Waals surface area contributed by atoms with Crippen LogP contribution in [0.5, 0.6) is 0 Å². The van der Waals surface area contributed by atoms with Gasteiger partial charge in [-0.25, -0.2) is 10.4 Å². The van der Waals surface area contributed by atoms with E-state index in [0.29, 0.717) is 16.7 Å². The van der Waals surface area contributed by atoms with Crippen LogP contribution in [0.15, 0.2) is 59.4 Å². The Labute approximate surface area is 148 Å². The maximum Gasteiger partial charge on any atom is 0.272 e. The van der Waals surface area contributed by atoms with E-state index in [9.17, 15) is 14.7 Å². The van der Waals surface area contributed by atoms with Crippen LogP contribution in [0.2, 0.25) is 0 Å². The first-order valence-corrected chi connectivity index (χ1v) is 7.98. The molecule has 1 aromatic heterocycles. The predicted molar refractivity (Wildman–Crippen MR) is 96.4 cm³/mol. The quantitative estimate of drug-likeness (QED) is 0.391. The van der Waals surface area contributed by atoms with Crippen molar-refractivity contribution in [3.63, 3.8) is 0 Å². The molecule has 0 spiro atoms. The summed E-state index contributed by atoms with van der Waals surface area (Å²) in [6.07, 6.45) is -1.64. The lowest BCUT2D eigenvalue weighted by molar-refractivity contribution is -0.131. The molecular weight excluding hydrogens is 336 g/mol. The highest BCUT2D eigenvalue weighted by Gasteiger charge is 2.30. The maximum atomic E-state index is 12.5. The van der Waals surface area contributed by atoms with Crippen LogP contribution in [-0.2, 0) is 4.79 Å². The number of hydrazine groups is 1. The summed E-state index contributed by atoms with van der Waals surface area (Å²) in [7, 11) is 0. The van der Waals surface area contributed by atoms with Crippen molar-refractivity contribution in [2.24, 2.45) is 0 Å². The molecular formula is C18H18N4O4. The molecule has 5 N–H and O–H groups in total. The molecule has 0 aliphatic heterocycles. The van der Waals surface area contributed by atoms with Crippen molar-refractivity contribution in [3.8, 4) is 0 Å². The van der Waals surface area contributed by atoms with Gasteiger partial charge in [0, 0.05) is 5.69 Å². The van der Waals surface area contributed by atoms with Crippen LogP contribution in [0.3, 0.4) is 0 Å². The Morgan fingerprint density at radius 2 is 1.81 bits per heavy atom. The minimum atomic E-state index is -1.64. The first kappa shape index (κ1) is 17.7. The predicted octanol–water partition coefficient (Wildman–Crippen LogP) is 0.503. The lowest BCUT2D eigenvalue weighted by Crippen LogP contribution is -2.43. The monoisotopic (exact) mass is 354 g/mol. The number of Topliss-reactive ketones (excluding diaryl/α,β-unsaturated/α-hetero) is 1. The molecule has 26 heavy (non-hydrogen) atoms. The molecule has 134 valence electrons. The summed E-state index contributed by atoms with van der Waals surface area (Å²) in [6, 6.07) is 14.6. The van der Waals surface area contributed by atoms with Gasteiger partial charge in [0.25, 0.3) is 5.56 Å². The number of aromatic nitrogens is 2. The molecule has 0 aliphatic rings. The second-order valence-corrected chi connectivity index (χ2v) is 5.64. The van der Waals surface area contributed by atoms with Crippen molar-refractivity contribution in [2.45, 2.75) is 12.1 Å². The van der Waals surface area contributed by atoms with Gasteiger partial charge in [-0.1, -0.05) is 30.3 Å². The Morgan fingerprint density at radius 3 is 2.54 bits per heavy atom. The third-order valence-electron chi connectivity index (χ3n) is 3.82. The van der Waals surface area contributed by atoms with E-state index >= 15 is 0 Å². The number of hydrogen-bond acceptors (Lipinski definition) is 7. The number of para-hydroxylation sites is 3. The maximum absolute atomic E-state index is 12.5. The number of aliphatic hydroxyl groups excluding tert-OH is 2. The Morgan fingerprint density at radius 1 is 1.12 bits per heavy atom. The van der Waals surface area contributed by atoms with Gasteiger partial charge in [0.2, 0.25) is 0 Å². The van der Waals surface area contributed by atoms with E-state index in [-0.39, 0.29) is 5.69 Å². The van der Waals surface area contributed by atoms with Crippen molar-refractivity contribution in [2.75, 3.05) is 12.0 Å². The third kappa shape index (κ3) is 3.77. The number of anilines is 1. The van der Waals surface area contributed by atoms with E-state index in [4.69, 9.17) is 5.11 Å². The number of aliphatic hydroxyl groups is 2. The van der Waals surface area contributed by atoms with Gasteiger partial charge in [0.1, 0.15) is 17.8 Å². The van der Waals surface area contributed by atoms with Gasteiger partial charge >= 0.3 is 0 Å². The summed E-state index contributed by atoms with van der Waals surface area (Å²) >= 11 is 0. The number of rotatable bonds is 7. The molecule has 0 radical (unpaired) electrons. The second-order valence-electron chi connectivity index (χ2n) is 5.64. The zero-order chi connectivity index (χ0) is 18.5. The van der Waals surface area contributed by atoms with Crippen molar-refractivity contribution in [1.82, 2.24) is 15.4 Å². The van der Waals surface area contributed by atoms with Crippen LogP contribution in [0, 0.1) is 0 Å². The first-order chi connectivity index (χ1) is 12.6. The Balaban J connectivity index is 1.98. The molecule has 8 heteroatoms. The summed E-state index contributed by atoms with van der Waals surface area (Å²) in [6.45, 7) is -0.756. The fourth-order valence-electron chi connectivity index (χ4n) is 2.47. The second kappa shape index (κ2) is 7.87. The van der Waals surface area contributed by atoms with E-state index in [1.54, 1.807) is 48.5 Å². The molecule has 3 aromatic rings. The fourth-order valence-corrected chi connectivity index (χ4v) is 2.47. The largest absolute Gasteiger partial charge is 0.393 e. The number of aromatic amines is 1. The van der Waals surface area contributed by atoms with Gasteiger partial charge in [-0.15, -0.1) is 0 Å². The topological polar surface area (TPSA) is 127 Å². The standard InChI is InChI=1S/C18H18N4O4/c23-10-14(24)17(25)15(22-21-11-6-2-1-3-7-11)16-18(26)20-13-9-5-4-8-12(13)19-16/h1-9,14-15,21-24H,10H2,(H,20,26). The smallest absolute Gasteiger partial charge is 0.272 e. The van der Waals surface area contributed by atoms with Gasteiger partial charge in [0.05, 0.1) is 17.6 Å². The summed E-state index contributed by atoms with van der Waals surface area (Å²) < 4.78 is 0. The SMILES string of the molecule is O=C(C(O)CO)C(NNc1ccccc1)c1nc2ccccc2[nH]c1=O. The summed E-state index contributed by atoms with van der Waals surface area (Å²) in [4.78, 5) is 31.8. The summed E-state index contributed by atoms with van der Waals surface area (Å²) in [5.74, 6) is -0.774. The number of carbonyl (C=O) groups excluding carboxylic acids is 1. The average molecular weight is 354 g/mol. The number of H-pyrrole nitrogens is 1. The lowest BCUT2D eigenvalue weighted by atomic mass is 10.1. The molecule has 2 atom stereocenters. The average Bonchev–Trinajstić information content (AvgIpc) is 2.68. The number of fused-ring (bicyclic) bond motifs is 1. The molecule has 0 bridgehead atoms. The molecule has 0 saturated carbocycles. The van der Waals surface area contributed by atoms with Gasteiger partial charge < -0.3 is 20.6 Å². The number of nitrogens with zero attached hydrogens (tertiary/aromatic N) is 1. The zero-order valence-electron chi connectivity index (χ0n) is 13.7. The number of hydrogen-bond donors (Lipinski definition) is 5. The minimum absolute atomic E-state index is 0.107. The molecule has 2 aromatic carbocycles. The van der Waals surface area contributed by atoms with E-state index in [0.717, 1.165) is 0 Å². The molecule has 2 unspecified atom stereocenters. The van der Waals surface area contributed by atoms with Gasteiger partial charge in [-0.2, -0.15) is 0 Å². The van der Waals surface area contributed by atoms with E-state index in [1.807, 2.05) is 6.07 Å². The van der Waals surface area contributed by atoms with E-state index in [1.165, 1.54) is 0 Å². The number of benzene rings is 2. The highest BCUT2D eigenvalue weighted by molar-refractivity contribution is 5.89. The molecule has 8 nitrogen and oxygen atoms in total. The first-order valence-electron chi connectivity index (χ1n) is 7.98. The molecule has 0 aliphatic carbocycles. The highest BCUT2D eigenvalue weighted by Crippen LogP contribution is 2.15. The molecule has 0 amide bonds.